The molecule has 24 heavy (non-hydrogen) atoms. The predicted octanol–water partition coefficient (Wildman–Crippen LogP) is 2.68. The molecule has 0 aliphatic carbocycles. The van der Waals surface area contributed by atoms with Gasteiger partial charge in [-0.3, -0.25) is 9.59 Å². The molecule has 2 N–H and O–H groups in total. The number of rotatable bonds is 7. The Morgan fingerprint density at radius 1 is 1.29 bits per heavy atom. The Hall–Kier alpha value is -2.15. The number of benzene rings is 1. The molecule has 2 aromatic rings. The molecular weight excluding hydrogens is 372 g/mol. The lowest BCUT2D eigenvalue weighted by atomic mass is 10.1. The van der Waals surface area contributed by atoms with E-state index in [0.29, 0.717) is 28.8 Å². The molecule has 128 valence electrons. The average molecular weight is 393 g/mol. The van der Waals surface area contributed by atoms with Gasteiger partial charge in [-0.2, -0.15) is 5.10 Å². The van der Waals surface area contributed by atoms with E-state index >= 15 is 0 Å². The van der Waals surface area contributed by atoms with Crippen LogP contribution in [0.1, 0.15) is 35.7 Å². The van der Waals surface area contributed by atoms with Crippen molar-refractivity contribution in [2.45, 2.75) is 26.3 Å². The largest absolute Gasteiger partial charge is 0.379 e. The Labute approximate surface area is 149 Å². The molecule has 0 aliphatic rings. The number of halogens is 1. The van der Waals surface area contributed by atoms with Crippen molar-refractivity contribution < 1.29 is 4.79 Å². The van der Waals surface area contributed by atoms with E-state index in [1.165, 1.54) is 4.68 Å². The van der Waals surface area contributed by atoms with Crippen LogP contribution in [0.2, 0.25) is 0 Å². The second-order valence-electron chi connectivity index (χ2n) is 5.46. The smallest absolute Gasteiger partial charge is 0.282 e. The highest BCUT2D eigenvalue weighted by Gasteiger charge is 2.07. The highest BCUT2D eigenvalue weighted by molar-refractivity contribution is 9.10. The van der Waals surface area contributed by atoms with Gasteiger partial charge >= 0.3 is 0 Å². The molecule has 0 spiro atoms. The number of nitrogens with one attached hydrogen (secondary N) is 2. The molecule has 0 bridgehead atoms. The molecule has 0 fully saturated rings. The van der Waals surface area contributed by atoms with Crippen molar-refractivity contribution >= 4 is 27.5 Å². The molecule has 0 aliphatic heterocycles. The summed E-state index contributed by atoms with van der Waals surface area (Å²) in [6.45, 7) is 3.32. The van der Waals surface area contributed by atoms with E-state index in [2.05, 4.69) is 38.6 Å². The van der Waals surface area contributed by atoms with E-state index in [9.17, 15) is 9.59 Å². The zero-order chi connectivity index (χ0) is 17.5. The number of aryl methyl sites for hydroxylation is 1. The fourth-order valence-corrected chi connectivity index (χ4v) is 2.59. The molecule has 1 heterocycles. The van der Waals surface area contributed by atoms with Gasteiger partial charge in [0.25, 0.3) is 11.5 Å². The fraction of sp³-hybridized carbons (Fsp3) is 0.353. The van der Waals surface area contributed by atoms with Crippen LogP contribution in [0.5, 0.6) is 0 Å². The lowest BCUT2D eigenvalue weighted by molar-refractivity contribution is 0.0953. The van der Waals surface area contributed by atoms with Gasteiger partial charge in [0.1, 0.15) is 4.47 Å². The Morgan fingerprint density at radius 3 is 2.67 bits per heavy atom. The molecule has 0 saturated carbocycles. The van der Waals surface area contributed by atoms with Crippen molar-refractivity contribution in [3.8, 4) is 0 Å². The van der Waals surface area contributed by atoms with Crippen LogP contribution >= 0.6 is 15.9 Å². The monoisotopic (exact) mass is 392 g/mol. The van der Waals surface area contributed by atoms with Gasteiger partial charge in [-0.1, -0.05) is 25.5 Å². The molecule has 1 amide bonds. The first-order valence-electron chi connectivity index (χ1n) is 7.85. The third kappa shape index (κ3) is 4.67. The Balaban J connectivity index is 1.96. The van der Waals surface area contributed by atoms with Crippen molar-refractivity contribution in [1.82, 2.24) is 15.1 Å². The highest BCUT2D eigenvalue weighted by atomic mass is 79.9. The van der Waals surface area contributed by atoms with Crippen molar-refractivity contribution in [3.05, 3.63) is 56.4 Å². The van der Waals surface area contributed by atoms with Crippen molar-refractivity contribution in [2.75, 3.05) is 11.9 Å². The second kappa shape index (κ2) is 8.63. The number of unbranched alkanes of at least 4 members (excludes halogenated alkanes) is 1. The number of amides is 1. The minimum Gasteiger partial charge on any atom is -0.379 e. The fourth-order valence-electron chi connectivity index (χ4n) is 2.09. The van der Waals surface area contributed by atoms with E-state index in [4.69, 9.17) is 0 Å². The van der Waals surface area contributed by atoms with Crippen LogP contribution < -0.4 is 16.2 Å². The Kier molecular flexibility index (Phi) is 6.54. The standard InChI is InChI=1S/C17H21BrN4O2/c1-3-4-9-19-16(23)13-7-5-12(6-8-13)10-20-14-11-21-22(2)17(24)15(14)18/h5-8,11,20H,3-4,9-10H2,1-2H3,(H,19,23). The summed E-state index contributed by atoms with van der Waals surface area (Å²) in [7, 11) is 1.60. The molecule has 0 atom stereocenters. The third-order valence-electron chi connectivity index (χ3n) is 3.59. The first kappa shape index (κ1) is 18.2. The van der Waals surface area contributed by atoms with Crippen molar-refractivity contribution in [1.29, 1.82) is 0 Å². The number of hydrogen-bond acceptors (Lipinski definition) is 4. The van der Waals surface area contributed by atoms with Crippen LogP contribution in [0, 0.1) is 0 Å². The average Bonchev–Trinajstić information content (AvgIpc) is 2.60. The summed E-state index contributed by atoms with van der Waals surface area (Å²) in [5, 5.41) is 10.0. The summed E-state index contributed by atoms with van der Waals surface area (Å²) in [6.07, 6.45) is 3.63. The SMILES string of the molecule is CCCCNC(=O)c1ccc(CNc2cnn(C)c(=O)c2Br)cc1. The summed E-state index contributed by atoms with van der Waals surface area (Å²) >= 11 is 3.28. The number of nitrogens with zero attached hydrogens (tertiary/aromatic N) is 2. The quantitative estimate of drug-likeness (QED) is 0.710. The van der Waals surface area contributed by atoms with Crippen LogP contribution in [0.3, 0.4) is 0 Å². The molecule has 7 heteroatoms. The molecule has 0 saturated heterocycles. The lowest BCUT2D eigenvalue weighted by Gasteiger charge is -2.09. The van der Waals surface area contributed by atoms with Crippen LogP contribution in [-0.2, 0) is 13.6 Å². The Morgan fingerprint density at radius 2 is 2.00 bits per heavy atom. The summed E-state index contributed by atoms with van der Waals surface area (Å²) in [4.78, 5) is 23.7. The molecular formula is C17H21BrN4O2. The molecule has 2 rings (SSSR count). The Bertz CT molecular complexity index is 756. The van der Waals surface area contributed by atoms with E-state index in [1.807, 2.05) is 12.1 Å². The van der Waals surface area contributed by atoms with Gasteiger partial charge < -0.3 is 10.6 Å². The maximum atomic E-state index is 11.9. The number of hydrogen-bond donors (Lipinski definition) is 2. The van der Waals surface area contributed by atoms with Gasteiger partial charge in [0, 0.05) is 25.7 Å². The molecule has 1 aromatic carbocycles. The second-order valence-corrected chi connectivity index (χ2v) is 6.25. The maximum absolute atomic E-state index is 11.9. The summed E-state index contributed by atoms with van der Waals surface area (Å²) < 4.78 is 1.72. The summed E-state index contributed by atoms with van der Waals surface area (Å²) in [5.74, 6) is -0.0542. The van der Waals surface area contributed by atoms with Gasteiger partial charge in [0.2, 0.25) is 0 Å². The number of anilines is 1. The van der Waals surface area contributed by atoms with Crippen molar-refractivity contribution in [3.63, 3.8) is 0 Å². The summed E-state index contributed by atoms with van der Waals surface area (Å²) in [6, 6.07) is 7.39. The minimum atomic E-state index is -0.195. The zero-order valence-corrected chi connectivity index (χ0v) is 15.4. The first-order chi connectivity index (χ1) is 11.5. The van der Waals surface area contributed by atoms with Gasteiger partial charge in [-0.25, -0.2) is 4.68 Å². The van der Waals surface area contributed by atoms with E-state index in [1.54, 1.807) is 25.4 Å². The third-order valence-corrected chi connectivity index (χ3v) is 4.36. The highest BCUT2D eigenvalue weighted by Crippen LogP contribution is 2.17. The zero-order valence-electron chi connectivity index (χ0n) is 13.8. The van der Waals surface area contributed by atoms with Crippen LogP contribution in [-0.4, -0.2) is 22.2 Å². The number of aromatic nitrogens is 2. The molecule has 6 nitrogen and oxygen atoms in total. The van der Waals surface area contributed by atoms with Crippen LogP contribution in [0.15, 0.2) is 39.7 Å². The molecule has 0 radical (unpaired) electrons. The van der Waals surface area contributed by atoms with Gasteiger partial charge in [0.15, 0.2) is 0 Å². The number of carbonyl (C=O) groups excluding carboxylic acids is 1. The summed E-state index contributed by atoms with van der Waals surface area (Å²) in [5.41, 5.74) is 2.09. The maximum Gasteiger partial charge on any atom is 0.282 e. The topological polar surface area (TPSA) is 76.0 Å². The first-order valence-corrected chi connectivity index (χ1v) is 8.65. The lowest BCUT2D eigenvalue weighted by Crippen LogP contribution is -2.24. The minimum absolute atomic E-state index is 0.0542. The normalized spacial score (nSPS) is 10.5. The van der Waals surface area contributed by atoms with Gasteiger partial charge in [0.05, 0.1) is 11.9 Å². The van der Waals surface area contributed by atoms with Gasteiger partial charge in [-0.05, 0) is 40.0 Å². The van der Waals surface area contributed by atoms with Gasteiger partial charge in [-0.15, -0.1) is 0 Å². The predicted molar refractivity (Wildman–Crippen MR) is 98.2 cm³/mol. The number of carbonyl (C=O) groups is 1. The van der Waals surface area contributed by atoms with E-state index in [-0.39, 0.29) is 11.5 Å². The molecule has 0 unspecified atom stereocenters. The van der Waals surface area contributed by atoms with E-state index < -0.39 is 0 Å². The van der Waals surface area contributed by atoms with Crippen molar-refractivity contribution in [2.24, 2.45) is 7.05 Å². The van der Waals surface area contributed by atoms with Crippen LogP contribution in [0.4, 0.5) is 5.69 Å². The molecule has 1 aromatic heterocycles. The van der Waals surface area contributed by atoms with E-state index in [0.717, 1.165) is 18.4 Å². The van der Waals surface area contributed by atoms with Crippen LogP contribution in [0.25, 0.3) is 0 Å².